The van der Waals surface area contributed by atoms with Crippen LogP contribution in [0.1, 0.15) is 11.1 Å². The monoisotopic (exact) mass is 382 g/mol. The largest absolute Gasteiger partial charge is 0.264 e. The Morgan fingerprint density at radius 2 is 1.14 bits per heavy atom. The van der Waals surface area contributed by atoms with E-state index < -0.39 is 18.1 Å². The topological polar surface area (TPSA) is 94.1 Å². The highest BCUT2D eigenvalue weighted by Crippen LogP contribution is 2.07. The second-order valence-electron chi connectivity index (χ2n) is 4.09. The zero-order valence-electron chi connectivity index (χ0n) is 11.1. The summed E-state index contributed by atoms with van der Waals surface area (Å²) in [6.45, 7) is 0. The molecule has 0 amide bonds. The van der Waals surface area contributed by atoms with E-state index in [0.29, 0.717) is 11.1 Å². The molecule has 0 N–H and O–H groups in total. The van der Waals surface area contributed by atoms with Gasteiger partial charge in [-0.15, -0.1) is 0 Å². The fraction of sp³-hybridized carbons (Fsp3) is 0.167. The molecule has 2 rings (SSSR count). The Balaban J connectivity index is 0.000000220. The normalized spacial score (nSPS) is 11.4. The molecule has 2 heterocycles. The lowest BCUT2D eigenvalue weighted by Crippen LogP contribution is -1.94. The molecule has 2 aromatic heterocycles. The summed E-state index contributed by atoms with van der Waals surface area (Å²) in [6, 6.07) is 6.65. The van der Waals surface area contributed by atoms with Crippen molar-refractivity contribution in [1.29, 1.82) is 0 Å². The number of hydrogen-bond donors (Lipinski definition) is 0. The molecule has 0 atom stereocenters. The van der Waals surface area contributed by atoms with E-state index in [1.54, 1.807) is 36.7 Å². The molecule has 6 nitrogen and oxygen atoms in total. The lowest BCUT2D eigenvalue weighted by molar-refractivity contribution is 0.607. The minimum absolute atomic E-state index is 0.164. The lowest BCUT2D eigenvalue weighted by Gasteiger charge is -1.93. The van der Waals surface area contributed by atoms with Crippen LogP contribution in [0.2, 0.25) is 0 Å². The average Bonchev–Trinajstić information content (AvgIpc) is 2.38. The quantitative estimate of drug-likeness (QED) is 0.752. The van der Waals surface area contributed by atoms with Crippen LogP contribution in [0.15, 0.2) is 49.1 Å². The maximum atomic E-state index is 10.5. The molecule has 0 unspecified atom stereocenters. The predicted octanol–water partition coefficient (Wildman–Crippen LogP) is 2.30. The van der Waals surface area contributed by atoms with E-state index >= 15 is 0 Å². The average molecular weight is 383 g/mol. The van der Waals surface area contributed by atoms with Crippen molar-refractivity contribution in [3.05, 3.63) is 60.2 Å². The fourth-order valence-electron chi connectivity index (χ4n) is 1.37. The molecule has 0 aliphatic carbocycles. The number of hydrogen-bond acceptors (Lipinski definition) is 6. The highest BCUT2D eigenvalue weighted by Gasteiger charge is 2.06. The van der Waals surface area contributed by atoms with E-state index in [1.807, 2.05) is 0 Å². The van der Waals surface area contributed by atoms with Crippen molar-refractivity contribution >= 4 is 39.5 Å². The first-order valence-corrected chi connectivity index (χ1v) is 10.7. The van der Waals surface area contributed by atoms with E-state index in [-0.39, 0.29) is 11.5 Å². The van der Waals surface area contributed by atoms with Crippen molar-refractivity contribution in [3.63, 3.8) is 0 Å². The number of halogens is 2. The van der Waals surface area contributed by atoms with Gasteiger partial charge in [-0.05, 0) is 23.3 Å². The number of nitrogens with zero attached hydrogens (tertiary/aromatic N) is 2. The van der Waals surface area contributed by atoms with Gasteiger partial charge in [0.05, 0.1) is 11.5 Å². The Labute approximate surface area is 138 Å². The third kappa shape index (κ3) is 9.67. The van der Waals surface area contributed by atoms with E-state index in [1.165, 1.54) is 12.4 Å². The molecule has 120 valence electrons. The van der Waals surface area contributed by atoms with Gasteiger partial charge in [-0.3, -0.25) is 9.97 Å². The summed E-state index contributed by atoms with van der Waals surface area (Å²) < 4.78 is 42.2. The van der Waals surface area contributed by atoms with Gasteiger partial charge in [0.15, 0.2) is 0 Å². The first-order chi connectivity index (χ1) is 10.2. The molecule has 0 aliphatic rings. The molecule has 0 bridgehead atoms. The standard InChI is InChI=1S/2C6H6ClNO2S/c2*7-11(9,10)5-6-2-1-3-8-4-6/h2*1-4H,5H2. The van der Waals surface area contributed by atoms with Crippen LogP contribution in [0.25, 0.3) is 0 Å². The van der Waals surface area contributed by atoms with Crippen LogP contribution in [0, 0.1) is 0 Å². The molecular formula is C12H12Cl2N2O4S2. The highest BCUT2D eigenvalue weighted by atomic mass is 35.7. The van der Waals surface area contributed by atoms with Gasteiger partial charge in [-0.25, -0.2) is 16.8 Å². The molecule has 0 saturated heterocycles. The summed E-state index contributed by atoms with van der Waals surface area (Å²) in [5.74, 6) is -0.329. The Morgan fingerprint density at radius 1 is 0.773 bits per heavy atom. The van der Waals surface area contributed by atoms with Crippen LogP contribution < -0.4 is 0 Å². The Bertz CT molecular complexity index is 713. The lowest BCUT2D eigenvalue weighted by atomic mass is 10.3. The smallest absolute Gasteiger partial charge is 0.236 e. The predicted molar refractivity (Wildman–Crippen MR) is 85.4 cm³/mol. The van der Waals surface area contributed by atoms with Crippen molar-refractivity contribution < 1.29 is 16.8 Å². The molecule has 0 aliphatic heterocycles. The van der Waals surface area contributed by atoms with Gasteiger partial charge in [0.2, 0.25) is 18.1 Å². The number of rotatable bonds is 4. The second kappa shape index (κ2) is 8.42. The van der Waals surface area contributed by atoms with Crippen LogP contribution in [0.3, 0.4) is 0 Å². The van der Waals surface area contributed by atoms with Gasteiger partial charge in [0, 0.05) is 46.2 Å². The van der Waals surface area contributed by atoms with Crippen molar-refractivity contribution in [1.82, 2.24) is 9.97 Å². The third-order valence-corrected chi connectivity index (χ3v) is 4.13. The molecule has 0 saturated carbocycles. The third-order valence-electron chi connectivity index (χ3n) is 2.12. The van der Waals surface area contributed by atoms with E-state index in [4.69, 9.17) is 21.4 Å². The Morgan fingerprint density at radius 3 is 1.36 bits per heavy atom. The van der Waals surface area contributed by atoms with Crippen molar-refractivity contribution in [2.75, 3.05) is 0 Å². The van der Waals surface area contributed by atoms with E-state index in [9.17, 15) is 16.8 Å². The first kappa shape index (κ1) is 18.8. The van der Waals surface area contributed by atoms with Crippen LogP contribution in [0.4, 0.5) is 0 Å². The van der Waals surface area contributed by atoms with Gasteiger partial charge < -0.3 is 0 Å². The zero-order valence-corrected chi connectivity index (χ0v) is 14.3. The van der Waals surface area contributed by atoms with Gasteiger partial charge in [-0.2, -0.15) is 0 Å². The number of aromatic nitrogens is 2. The summed E-state index contributed by atoms with van der Waals surface area (Å²) >= 11 is 0. The molecule has 0 spiro atoms. The molecule has 10 heteroatoms. The SMILES string of the molecule is O=S(=O)(Cl)Cc1cccnc1.O=S(=O)(Cl)Cc1cccnc1. The van der Waals surface area contributed by atoms with Gasteiger partial charge in [0.1, 0.15) is 0 Å². The molecule has 22 heavy (non-hydrogen) atoms. The van der Waals surface area contributed by atoms with Crippen molar-refractivity contribution in [2.24, 2.45) is 0 Å². The molecular weight excluding hydrogens is 371 g/mol. The van der Waals surface area contributed by atoms with Crippen LogP contribution in [-0.2, 0) is 29.6 Å². The second-order valence-corrected chi connectivity index (χ2v) is 9.64. The minimum atomic E-state index is -3.44. The zero-order chi connectivity index (χ0) is 16.6. The van der Waals surface area contributed by atoms with E-state index in [2.05, 4.69) is 9.97 Å². The maximum Gasteiger partial charge on any atom is 0.236 e. The highest BCUT2D eigenvalue weighted by molar-refractivity contribution is 8.13. The fourth-order valence-corrected chi connectivity index (χ4v) is 3.26. The molecule has 0 radical (unpaired) electrons. The van der Waals surface area contributed by atoms with Crippen molar-refractivity contribution in [2.45, 2.75) is 11.5 Å². The molecule has 2 aromatic rings. The maximum absolute atomic E-state index is 10.5. The first-order valence-electron chi connectivity index (χ1n) is 5.78. The molecule has 0 aromatic carbocycles. The van der Waals surface area contributed by atoms with Gasteiger partial charge >= 0.3 is 0 Å². The van der Waals surface area contributed by atoms with Crippen molar-refractivity contribution in [3.8, 4) is 0 Å². The molecule has 0 fully saturated rings. The Hall–Kier alpha value is -1.22. The summed E-state index contributed by atoms with van der Waals surface area (Å²) in [7, 11) is 3.13. The van der Waals surface area contributed by atoms with Crippen LogP contribution in [0.5, 0.6) is 0 Å². The van der Waals surface area contributed by atoms with Crippen LogP contribution >= 0.6 is 21.4 Å². The van der Waals surface area contributed by atoms with Gasteiger partial charge in [0.25, 0.3) is 0 Å². The van der Waals surface area contributed by atoms with Crippen LogP contribution in [-0.4, -0.2) is 26.8 Å². The minimum Gasteiger partial charge on any atom is -0.264 e. The number of pyridine rings is 2. The Kier molecular flexibility index (Phi) is 7.21. The summed E-state index contributed by atoms with van der Waals surface area (Å²) in [4.78, 5) is 7.49. The summed E-state index contributed by atoms with van der Waals surface area (Å²) in [5, 5.41) is 0. The van der Waals surface area contributed by atoms with E-state index in [0.717, 1.165) is 0 Å². The summed E-state index contributed by atoms with van der Waals surface area (Å²) in [6.07, 6.45) is 6.09. The van der Waals surface area contributed by atoms with Gasteiger partial charge in [-0.1, -0.05) is 12.1 Å². The summed E-state index contributed by atoms with van der Waals surface area (Å²) in [5.41, 5.74) is 1.20.